The maximum absolute atomic E-state index is 9.75. The number of hydrogen-bond donors (Lipinski definition) is 0. The highest BCUT2D eigenvalue weighted by Crippen LogP contribution is 2.18. The van der Waals surface area contributed by atoms with Crippen LogP contribution in [0.3, 0.4) is 0 Å². The van der Waals surface area contributed by atoms with Crippen molar-refractivity contribution >= 4 is 18.6 Å². The van der Waals surface area contributed by atoms with E-state index >= 15 is 0 Å². The van der Waals surface area contributed by atoms with Gasteiger partial charge in [-0.1, -0.05) is 30.3 Å². The maximum atomic E-state index is 9.75. The van der Waals surface area contributed by atoms with E-state index < -0.39 is 7.25 Å². The van der Waals surface area contributed by atoms with Crippen LogP contribution < -0.4 is 9.44 Å². The second-order valence-electron chi connectivity index (χ2n) is 3.72. The first-order valence-corrected chi connectivity index (χ1v) is 6.17. The highest BCUT2D eigenvalue weighted by atomic mass is 32.1. The molecule has 0 fully saturated rings. The lowest BCUT2D eigenvalue weighted by Crippen LogP contribution is -2.16. The molecule has 19 heavy (non-hydrogen) atoms. The van der Waals surface area contributed by atoms with Crippen molar-refractivity contribution in [2.45, 2.75) is 0 Å². The Morgan fingerprint density at radius 1 is 1.05 bits per heavy atom. The molecule has 0 unspecified atom stereocenters. The van der Waals surface area contributed by atoms with Crippen LogP contribution in [0.15, 0.2) is 40.1 Å². The minimum Gasteiger partial charge on any atom is -0.418 e. The van der Waals surface area contributed by atoms with Crippen LogP contribution in [0.25, 0.3) is 11.3 Å². The van der Waals surface area contributed by atoms with E-state index in [4.69, 9.17) is 4.42 Å². The van der Waals surface area contributed by atoms with E-state index in [0.29, 0.717) is 0 Å². The third-order valence-corrected chi connectivity index (χ3v) is 2.87. The van der Waals surface area contributed by atoms with Gasteiger partial charge >= 0.3 is 12.1 Å². The molecule has 2 rings (SSSR count). The highest BCUT2D eigenvalue weighted by molar-refractivity contribution is 7.07. The van der Waals surface area contributed by atoms with Gasteiger partial charge in [0.05, 0.1) is 0 Å². The zero-order valence-corrected chi connectivity index (χ0v) is 11.1. The van der Waals surface area contributed by atoms with Gasteiger partial charge in [0.1, 0.15) is 14.1 Å². The summed E-state index contributed by atoms with van der Waals surface area (Å²) in [6.07, 6.45) is 0. The smallest absolute Gasteiger partial charge is 0.418 e. The lowest BCUT2D eigenvalue weighted by molar-refractivity contribution is 0.368. The SMILES string of the molecule is C[N+](C)=c1oc(-c2ccccc2)cs1.F[B-](F)(F)F. The molecule has 8 heteroatoms. The first-order chi connectivity index (χ1) is 8.77. The minimum atomic E-state index is -6.00. The van der Waals surface area contributed by atoms with Crippen LogP contribution in [0.2, 0.25) is 0 Å². The van der Waals surface area contributed by atoms with Crippen molar-refractivity contribution in [2.24, 2.45) is 0 Å². The molecule has 0 saturated heterocycles. The predicted molar refractivity (Wildman–Crippen MR) is 69.3 cm³/mol. The van der Waals surface area contributed by atoms with Gasteiger partial charge in [-0.3, -0.25) is 0 Å². The van der Waals surface area contributed by atoms with Crippen LogP contribution in [-0.4, -0.2) is 21.3 Å². The summed E-state index contributed by atoms with van der Waals surface area (Å²) in [5.41, 5.74) is 1.12. The second kappa shape index (κ2) is 6.56. The fourth-order valence-electron chi connectivity index (χ4n) is 1.17. The minimum absolute atomic E-state index is 0.920. The molecule has 0 atom stereocenters. The Kier molecular flexibility index (Phi) is 5.35. The van der Waals surface area contributed by atoms with Gasteiger partial charge in [0.15, 0.2) is 5.76 Å². The number of rotatable bonds is 1. The van der Waals surface area contributed by atoms with Crippen molar-refractivity contribution in [3.63, 3.8) is 0 Å². The average molecular weight is 293 g/mol. The first kappa shape index (κ1) is 15.5. The number of nitrogens with zero attached hydrogens (tertiary/aromatic N) is 1. The van der Waals surface area contributed by atoms with Crippen LogP contribution in [0.5, 0.6) is 0 Å². The number of halogens is 4. The highest BCUT2D eigenvalue weighted by Gasteiger charge is 2.20. The van der Waals surface area contributed by atoms with Crippen molar-refractivity contribution in [1.82, 2.24) is 4.58 Å². The predicted octanol–water partition coefficient (Wildman–Crippen LogP) is 3.34. The van der Waals surface area contributed by atoms with E-state index in [1.165, 1.54) is 0 Å². The Morgan fingerprint density at radius 2 is 1.58 bits per heavy atom. The van der Waals surface area contributed by atoms with Crippen LogP contribution >= 0.6 is 11.3 Å². The summed E-state index contributed by atoms with van der Waals surface area (Å²) in [6, 6.07) is 10.1. The van der Waals surface area contributed by atoms with E-state index in [1.807, 2.05) is 54.4 Å². The monoisotopic (exact) mass is 293 g/mol. The molecule has 0 aliphatic carbocycles. The van der Waals surface area contributed by atoms with E-state index in [-0.39, 0.29) is 0 Å². The Bertz CT molecular complexity index is 566. The fraction of sp³-hybridized carbons (Fsp3) is 0.182. The molecule has 1 heterocycles. The van der Waals surface area contributed by atoms with Gasteiger partial charge in [0.25, 0.3) is 0 Å². The molecule has 2 nitrogen and oxygen atoms in total. The van der Waals surface area contributed by atoms with Crippen LogP contribution in [0, 0.1) is 0 Å². The number of benzene rings is 1. The molecule has 1 aromatic carbocycles. The normalized spacial score (nSPS) is 10.6. The molecular formula is C11H12BF4NOS. The van der Waals surface area contributed by atoms with Crippen LogP contribution in [-0.2, 0) is 0 Å². The molecule has 0 aliphatic rings. The molecule has 0 radical (unpaired) electrons. The van der Waals surface area contributed by atoms with Gasteiger partial charge in [-0.15, -0.1) is 0 Å². The molecule has 0 spiro atoms. The summed E-state index contributed by atoms with van der Waals surface area (Å²) in [6.45, 7) is 0. The summed E-state index contributed by atoms with van der Waals surface area (Å²) < 4.78 is 46.6. The Hall–Kier alpha value is -1.57. The Labute approximate surface area is 111 Å². The molecule has 2 aromatic rings. The van der Waals surface area contributed by atoms with Crippen molar-refractivity contribution in [1.29, 1.82) is 0 Å². The van der Waals surface area contributed by atoms with E-state index in [1.54, 1.807) is 11.3 Å². The standard InChI is InChI=1S/C11H12NOS.BF4/c1-12(2)11-13-10(8-14-11)9-6-4-3-5-7-9;2-1(3,4)5/h3-8H,1-2H3;/q+1;-1. The zero-order valence-electron chi connectivity index (χ0n) is 10.3. The third-order valence-electron chi connectivity index (χ3n) is 1.89. The molecular weight excluding hydrogens is 281 g/mol. The van der Waals surface area contributed by atoms with Gasteiger partial charge < -0.3 is 21.7 Å². The Morgan fingerprint density at radius 3 is 2.00 bits per heavy atom. The van der Waals surface area contributed by atoms with E-state index in [9.17, 15) is 17.3 Å². The van der Waals surface area contributed by atoms with Crippen molar-refractivity contribution < 1.29 is 21.7 Å². The Balaban J connectivity index is 0.000000312. The van der Waals surface area contributed by atoms with Gasteiger partial charge in [0, 0.05) is 10.9 Å². The molecule has 104 valence electrons. The molecule has 0 aliphatic heterocycles. The molecule has 0 amide bonds. The van der Waals surface area contributed by atoms with Gasteiger partial charge in [-0.25, -0.2) is 0 Å². The quantitative estimate of drug-likeness (QED) is 0.447. The van der Waals surface area contributed by atoms with E-state index in [0.717, 1.165) is 16.2 Å². The first-order valence-electron chi connectivity index (χ1n) is 5.29. The van der Waals surface area contributed by atoms with Gasteiger partial charge in [-0.05, 0) is 11.3 Å². The summed E-state index contributed by atoms with van der Waals surface area (Å²) in [5, 5.41) is 2.03. The molecule has 1 aromatic heterocycles. The second-order valence-corrected chi connectivity index (χ2v) is 4.54. The molecule has 0 saturated carbocycles. The van der Waals surface area contributed by atoms with Gasteiger partial charge in [0.2, 0.25) is 0 Å². The van der Waals surface area contributed by atoms with Crippen LogP contribution in [0.4, 0.5) is 17.3 Å². The topological polar surface area (TPSA) is 16.1 Å². The average Bonchev–Trinajstić information content (AvgIpc) is 2.77. The lowest BCUT2D eigenvalue weighted by atomic mass is 10.2. The van der Waals surface area contributed by atoms with Crippen molar-refractivity contribution in [2.75, 3.05) is 14.1 Å². The lowest BCUT2D eigenvalue weighted by Gasteiger charge is -1.94. The maximum Gasteiger partial charge on any atom is 0.673 e. The van der Waals surface area contributed by atoms with Gasteiger partial charge in [-0.2, -0.15) is 4.58 Å². The molecule has 0 N–H and O–H groups in total. The van der Waals surface area contributed by atoms with E-state index in [2.05, 4.69) is 0 Å². The third kappa shape index (κ3) is 6.24. The number of hydrogen-bond acceptors (Lipinski definition) is 2. The van der Waals surface area contributed by atoms with Crippen molar-refractivity contribution in [3.05, 3.63) is 40.6 Å². The van der Waals surface area contributed by atoms with Crippen molar-refractivity contribution in [3.8, 4) is 11.3 Å². The summed E-state index contributed by atoms with van der Waals surface area (Å²) >= 11 is 1.61. The zero-order chi connectivity index (χ0) is 14.5. The summed E-state index contributed by atoms with van der Waals surface area (Å²) in [7, 11) is -2.05. The molecule has 0 bridgehead atoms. The largest absolute Gasteiger partial charge is 0.673 e. The summed E-state index contributed by atoms with van der Waals surface area (Å²) in [4.78, 5) is 0.920. The van der Waals surface area contributed by atoms with Crippen LogP contribution in [0.1, 0.15) is 0 Å². The summed E-state index contributed by atoms with van der Waals surface area (Å²) in [5.74, 6) is 0.930. The fourth-order valence-corrected chi connectivity index (χ4v) is 1.91.